The zero-order chi connectivity index (χ0) is 16.2. The Balaban J connectivity index is 1.56. The Bertz CT molecular complexity index is 803. The topological polar surface area (TPSA) is 60.1 Å². The lowest BCUT2D eigenvalue weighted by Gasteiger charge is -2.03. The smallest absolute Gasteiger partial charge is 0.254 e. The van der Waals surface area contributed by atoms with E-state index in [-0.39, 0.29) is 5.91 Å². The Labute approximate surface area is 134 Å². The van der Waals surface area contributed by atoms with Gasteiger partial charge in [-0.2, -0.15) is 5.10 Å². The first-order chi connectivity index (χ1) is 11.1. The summed E-state index contributed by atoms with van der Waals surface area (Å²) in [4.78, 5) is 12.1. The third kappa shape index (κ3) is 3.51. The van der Waals surface area contributed by atoms with Crippen molar-refractivity contribution in [2.24, 2.45) is 0 Å². The third-order valence-corrected chi connectivity index (χ3v) is 3.64. The van der Waals surface area contributed by atoms with E-state index in [0.29, 0.717) is 17.9 Å². The molecule has 0 aliphatic carbocycles. The third-order valence-electron chi connectivity index (χ3n) is 3.64. The van der Waals surface area contributed by atoms with Gasteiger partial charge in [0.15, 0.2) is 0 Å². The van der Waals surface area contributed by atoms with Crippen molar-refractivity contribution in [3.63, 3.8) is 0 Å². The molecule has 0 aliphatic rings. The maximum atomic E-state index is 12.1. The monoisotopic (exact) mass is 309 g/mol. The molecule has 118 valence electrons. The molecule has 0 atom stereocenters. The van der Waals surface area contributed by atoms with Crippen LogP contribution in [0.15, 0.2) is 53.2 Å². The minimum absolute atomic E-state index is 0.102. The molecular formula is C18H19N3O2. The minimum Gasteiger partial charge on any atom is -0.466 e. The zero-order valence-corrected chi connectivity index (χ0v) is 13.2. The van der Waals surface area contributed by atoms with E-state index in [9.17, 15) is 4.79 Å². The fraction of sp³-hybridized carbons (Fsp3) is 0.222. The van der Waals surface area contributed by atoms with Gasteiger partial charge in [-0.15, -0.1) is 0 Å². The molecule has 0 radical (unpaired) electrons. The average molecular weight is 309 g/mol. The van der Waals surface area contributed by atoms with E-state index in [1.165, 1.54) is 0 Å². The van der Waals surface area contributed by atoms with Gasteiger partial charge in [-0.25, -0.2) is 4.68 Å². The van der Waals surface area contributed by atoms with Crippen LogP contribution in [0.2, 0.25) is 0 Å². The van der Waals surface area contributed by atoms with Gasteiger partial charge in [-0.3, -0.25) is 4.79 Å². The summed E-state index contributed by atoms with van der Waals surface area (Å²) in [6.45, 7) is 4.19. The Morgan fingerprint density at radius 1 is 1.26 bits per heavy atom. The van der Waals surface area contributed by atoms with Crippen LogP contribution in [0.1, 0.15) is 27.4 Å². The van der Waals surface area contributed by atoms with E-state index >= 15 is 0 Å². The van der Waals surface area contributed by atoms with E-state index in [2.05, 4.69) is 10.4 Å². The molecule has 2 aromatic heterocycles. The van der Waals surface area contributed by atoms with Crippen LogP contribution in [0.25, 0.3) is 5.69 Å². The summed E-state index contributed by atoms with van der Waals surface area (Å²) >= 11 is 0. The molecule has 5 heteroatoms. The van der Waals surface area contributed by atoms with Gasteiger partial charge >= 0.3 is 0 Å². The molecule has 0 spiro atoms. The SMILES string of the molecule is Cc1cc(C(=O)NCCc2cnn(-c3ccccc3)c2)c(C)o1. The number of nitrogens with one attached hydrogen (secondary N) is 1. The number of nitrogens with zero attached hydrogens (tertiary/aromatic N) is 2. The highest BCUT2D eigenvalue weighted by Gasteiger charge is 2.12. The lowest BCUT2D eigenvalue weighted by Crippen LogP contribution is -2.25. The summed E-state index contributed by atoms with van der Waals surface area (Å²) in [6, 6.07) is 11.7. The Hall–Kier alpha value is -2.82. The van der Waals surface area contributed by atoms with Crippen molar-refractivity contribution in [2.45, 2.75) is 20.3 Å². The van der Waals surface area contributed by atoms with E-state index in [0.717, 1.165) is 23.4 Å². The highest BCUT2D eigenvalue weighted by molar-refractivity contribution is 5.95. The molecule has 0 bridgehead atoms. The number of aryl methyl sites for hydroxylation is 2. The first-order valence-corrected chi connectivity index (χ1v) is 7.57. The maximum Gasteiger partial charge on any atom is 0.254 e. The van der Waals surface area contributed by atoms with Crippen LogP contribution in [-0.2, 0) is 6.42 Å². The summed E-state index contributed by atoms with van der Waals surface area (Å²) in [7, 11) is 0. The molecule has 2 heterocycles. The van der Waals surface area contributed by atoms with Gasteiger partial charge in [-0.1, -0.05) is 18.2 Å². The molecule has 23 heavy (non-hydrogen) atoms. The summed E-state index contributed by atoms with van der Waals surface area (Å²) in [5.41, 5.74) is 2.70. The number of hydrogen-bond acceptors (Lipinski definition) is 3. The Kier molecular flexibility index (Phi) is 4.28. The summed E-state index contributed by atoms with van der Waals surface area (Å²) in [6.07, 6.45) is 4.54. The second-order valence-electron chi connectivity index (χ2n) is 5.46. The molecule has 1 aromatic carbocycles. The number of carbonyl (C=O) groups excluding carboxylic acids is 1. The molecular weight excluding hydrogens is 290 g/mol. The van der Waals surface area contributed by atoms with Crippen molar-refractivity contribution in [1.29, 1.82) is 0 Å². The number of carbonyl (C=O) groups is 1. The van der Waals surface area contributed by atoms with Crippen molar-refractivity contribution in [3.8, 4) is 5.69 Å². The lowest BCUT2D eigenvalue weighted by atomic mass is 10.2. The van der Waals surface area contributed by atoms with Crippen molar-refractivity contribution < 1.29 is 9.21 Å². The fourth-order valence-electron chi connectivity index (χ4n) is 2.48. The Morgan fingerprint density at radius 2 is 2.04 bits per heavy atom. The summed E-state index contributed by atoms with van der Waals surface area (Å²) in [5, 5.41) is 7.26. The molecule has 0 fully saturated rings. The fourth-order valence-corrected chi connectivity index (χ4v) is 2.48. The van der Waals surface area contributed by atoms with Crippen molar-refractivity contribution >= 4 is 5.91 Å². The number of para-hydroxylation sites is 1. The number of furan rings is 1. The van der Waals surface area contributed by atoms with Gasteiger partial charge in [0.1, 0.15) is 11.5 Å². The molecule has 1 amide bonds. The first-order valence-electron chi connectivity index (χ1n) is 7.57. The van der Waals surface area contributed by atoms with Crippen molar-refractivity contribution in [1.82, 2.24) is 15.1 Å². The normalized spacial score (nSPS) is 10.7. The van der Waals surface area contributed by atoms with Crippen LogP contribution in [-0.4, -0.2) is 22.2 Å². The molecule has 5 nitrogen and oxygen atoms in total. The summed E-state index contributed by atoms with van der Waals surface area (Å²) < 4.78 is 7.21. The Morgan fingerprint density at radius 3 is 2.74 bits per heavy atom. The average Bonchev–Trinajstić information content (AvgIpc) is 3.14. The van der Waals surface area contributed by atoms with Crippen LogP contribution in [0, 0.1) is 13.8 Å². The molecule has 0 saturated carbocycles. The van der Waals surface area contributed by atoms with E-state index in [1.54, 1.807) is 13.0 Å². The van der Waals surface area contributed by atoms with Gasteiger partial charge in [0.25, 0.3) is 5.91 Å². The predicted octanol–water partition coefficient (Wildman–Crippen LogP) is 3.05. The van der Waals surface area contributed by atoms with E-state index in [1.807, 2.05) is 54.3 Å². The number of aromatic nitrogens is 2. The highest BCUT2D eigenvalue weighted by Crippen LogP contribution is 2.13. The second kappa shape index (κ2) is 6.52. The van der Waals surface area contributed by atoms with E-state index in [4.69, 9.17) is 4.42 Å². The number of rotatable bonds is 5. The van der Waals surface area contributed by atoms with Crippen molar-refractivity contribution in [3.05, 3.63) is 71.4 Å². The minimum atomic E-state index is -0.102. The largest absolute Gasteiger partial charge is 0.466 e. The standard InChI is InChI=1S/C18H19N3O2/c1-13-10-17(14(2)23-13)18(22)19-9-8-15-11-20-21(12-15)16-6-4-3-5-7-16/h3-7,10-12H,8-9H2,1-2H3,(H,19,22). The molecule has 1 N–H and O–H groups in total. The second-order valence-corrected chi connectivity index (χ2v) is 5.46. The maximum absolute atomic E-state index is 12.1. The van der Waals surface area contributed by atoms with Crippen molar-refractivity contribution in [2.75, 3.05) is 6.54 Å². The van der Waals surface area contributed by atoms with Gasteiger partial charge in [-0.05, 0) is 44.0 Å². The predicted molar refractivity (Wildman–Crippen MR) is 87.8 cm³/mol. The number of hydrogen-bond donors (Lipinski definition) is 1. The number of benzene rings is 1. The molecule has 3 rings (SSSR count). The van der Waals surface area contributed by atoms with E-state index < -0.39 is 0 Å². The van der Waals surface area contributed by atoms with Crippen LogP contribution < -0.4 is 5.32 Å². The zero-order valence-electron chi connectivity index (χ0n) is 13.2. The summed E-state index contributed by atoms with van der Waals surface area (Å²) in [5.74, 6) is 1.29. The quantitative estimate of drug-likeness (QED) is 0.788. The lowest BCUT2D eigenvalue weighted by molar-refractivity contribution is 0.0952. The van der Waals surface area contributed by atoms with Gasteiger partial charge in [0.2, 0.25) is 0 Å². The number of amides is 1. The molecule has 0 aliphatic heterocycles. The molecule has 3 aromatic rings. The molecule has 0 unspecified atom stereocenters. The van der Waals surface area contributed by atoms with Crippen LogP contribution >= 0.6 is 0 Å². The van der Waals surface area contributed by atoms with Gasteiger partial charge < -0.3 is 9.73 Å². The van der Waals surface area contributed by atoms with Crippen LogP contribution in [0.5, 0.6) is 0 Å². The van der Waals surface area contributed by atoms with Crippen LogP contribution in [0.3, 0.4) is 0 Å². The van der Waals surface area contributed by atoms with Crippen LogP contribution in [0.4, 0.5) is 0 Å². The first kappa shape index (κ1) is 15.1. The molecule has 0 saturated heterocycles. The van der Waals surface area contributed by atoms with Gasteiger partial charge in [0.05, 0.1) is 17.4 Å². The van der Waals surface area contributed by atoms with Gasteiger partial charge in [0, 0.05) is 12.7 Å². The highest BCUT2D eigenvalue weighted by atomic mass is 16.3.